The van der Waals surface area contributed by atoms with Crippen LogP contribution < -0.4 is 0 Å². The molecule has 3 nitrogen and oxygen atoms in total. The molecule has 0 radical (unpaired) electrons. The van der Waals surface area contributed by atoms with E-state index in [-0.39, 0.29) is 17.6 Å². The van der Waals surface area contributed by atoms with Gasteiger partial charge < -0.3 is 15.1 Å². The summed E-state index contributed by atoms with van der Waals surface area (Å²) < 4.78 is 0. The second kappa shape index (κ2) is 8.04. The number of aliphatic hydroxyl groups excluding tert-OH is 1. The number of phenols is 1. The summed E-state index contributed by atoms with van der Waals surface area (Å²) in [7, 11) is 0. The minimum Gasteiger partial charge on any atom is -0.508 e. The zero-order valence-corrected chi connectivity index (χ0v) is 17.7. The molecule has 2 aliphatic rings. The van der Waals surface area contributed by atoms with Crippen molar-refractivity contribution in [2.24, 2.45) is 0 Å². The van der Waals surface area contributed by atoms with Crippen LogP contribution in [0.2, 0.25) is 0 Å². The maximum absolute atomic E-state index is 9.99. The molecule has 150 valence electrons. The maximum atomic E-state index is 9.99. The number of hydrogen-bond donors (Lipinski definition) is 2. The monoisotopic (exact) mass is 387 g/mol. The van der Waals surface area contributed by atoms with Crippen molar-refractivity contribution in [2.45, 2.75) is 40.2 Å². The van der Waals surface area contributed by atoms with E-state index in [2.05, 4.69) is 44.0 Å². The van der Waals surface area contributed by atoms with Gasteiger partial charge in [0.1, 0.15) is 11.5 Å². The molecule has 4 rings (SSSR count). The molecule has 2 N–H and O–H groups in total. The SMILES string of the molecule is C=C(O)C1=CN2C(=CC1=C)c1cc(C)c(C)cc1CC2c1ccc(O)cc1.CC. The van der Waals surface area contributed by atoms with Crippen molar-refractivity contribution in [3.8, 4) is 5.75 Å². The number of allylic oxidation sites excluding steroid dienone is 2. The van der Waals surface area contributed by atoms with E-state index in [9.17, 15) is 10.2 Å². The molecule has 2 heterocycles. The molecule has 2 aromatic carbocycles. The predicted molar refractivity (Wildman–Crippen MR) is 121 cm³/mol. The fourth-order valence-corrected chi connectivity index (χ4v) is 3.91. The summed E-state index contributed by atoms with van der Waals surface area (Å²) in [6, 6.07) is 11.9. The smallest absolute Gasteiger partial charge is 0.117 e. The number of benzene rings is 2. The number of rotatable bonds is 2. The molecule has 0 fully saturated rings. The van der Waals surface area contributed by atoms with E-state index in [0.717, 1.165) is 23.3 Å². The molecule has 0 aliphatic carbocycles. The molecule has 1 unspecified atom stereocenters. The highest BCUT2D eigenvalue weighted by Gasteiger charge is 2.33. The molecule has 29 heavy (non-hydrogen) atoms. The van der Waals surface area contributed by atoms with Crippen molar-refractivity contribution in [3.05, 3.63) is 107 Å². The van der Waals surface area contributed by atoms with E-state index < -0.39 is 0 Å². The van der Waals surface area contributed by atoms with Crippen molar-refractivity contribution >= 4 is 5.70 Å². The fraction of sp³-hybridized carbons (Fsp3) is 0.231. The van der Waals surface area contributed by atoms with Gasteiger partial charge in [0, 0.05) is 23.0 Å². The first-order valence-electron chi connectivity index (χ1n) is 10.0. The standard InChI is InChI=1S/C24H23NO2.C2H6/c1-14-9-19-12-23(18-5-7-20(27)8-6-18)25-13-22(17(4)26)16(3)11-24(25)21(19)10-15(14)2;1-2/h5-11,13,23,26-27H,3-4,12H2,1-2H3;1-2H3. The third kappa shape index (κ3) is 3.73. The first kappa shape index (κ1) is 20.5. The van der Waals surface area contributed by atoms with Crippen LogP contribution in [0.25, 0.3) is 5.70 Å². The van der Waals surface area contributed by atoms with Gasteiger partial charge in [0.2, 0.25) is 0 Å². The van der Waals surface area contributed by atoms with Crippen molar-refractivity contribution in [3.63, 3.8) is 0 Å². The normalized spacial score (nSPS) is 17.3. The first-order chi connectivity index (χ1) is 13.8. The van der Waals surface area contributed by atoms with Gasteiger partial charge in [0.05, 0.1) is 6.04 Å². The molecule has 0 aromatic heterocycles. The topological polar surface area (TPSA) is 43.7 Å². The van der Waals surface area contributed by atoms with Gasteiger partial charge in [-0.1, -0.05) is 45.2 Å². The summed E-state index contributed by atoms with van der Waals surface area (Å²) >= 11 is 0. The summed E-state index contributed by atoms with van der Waals surface area (Å²) in [5.41, 5.74) is 8.62. The molecule has 0 saturated carbocycles. The molecule has 0 spiro atoms. The van der Waals surface area contributed by atoms with Gasteiger partial charge >= 0.3 is 0 Å². The van der Waals surface area contributed by atoms with Crippen LogP contribution >= 0.6 is 0 Å². The van der Waals surface area contributed by atoms with Crippen molar-refractivity contribution < 1.29 is 10.2 Å². The van der Waals surface area contributed by atoms with Crippen LogP contribution in [0.5, 0.6) is 5.75 Å². The van der Waals surface area contributed by atoms with E-state index >= 15 is 0 Å². The average molecular weight is 388 g/mol. The van der Waals surface area contributed by atoms with Gasteiger partial charge in [-0.05, 0) is 72.4 Å². The lowest BCUT2D eigenvalue weighted by Gasteiger charge is -2.41. The summed E-state index contributed by atoms with van der Waals surface area (Å²) in [6.45, 7) is 16.1. The Morgan fingerprint density at radius 2 is 1.69 bits per heavy atom. The minimum atomic E-state index is 0.0191. The molecule has 1 atom stereocenters. The van der Waals surface area contributed by atoms with Gasteiger partial charge in [-0.15, -0.1) is 0 Å². The lowest BCUT2D eigenvalue weighted by atomic mass is 9.83. The second-order valence-corrected chi connectivity index (χ2v) is 7.36. The Labute approximate surface area is 173 Å². The third-order valence-electron chi connectivity index (χ3n) is 5.54. The quantitative estimate of drug-likeness (QED) is 0.578. The number of hydrogen-bond acceptors (Lipinski definition) is 3. The van der Waals surface area contributed by atoms with Gasteiger partial charge in [-0.3, -0.25) is 0 Å². The zero-order valence-electron chi connectivity index (χ0n) is 17.7. The van der Waals surface area contributed by atoms with E-state index in [1.807, 2.05) is 38.3 Å². The Balaban J connectivity index is 0.00000117. The van der Waals surface area contributed by atoms with Crippen LogP contribution in [0.4, 0.5) is 0 Å². The molecule has 0 amide bonds. The maximum Gasteiger partial charge on any atom is 0.117 e. The van der Waals surface area contributed by atoms with Gasteiger partial charge in [0.25, 0.3) is 0 Å². The van der Waals surface area contributed by atoms with Crippen LogP contribution in [0.1, 0.15) is 47.7 Å². The molecular formula is C26H29NO2. The largest absolute Gasteiger partial charge is 0.508 e. The van der Waals surface area contributed by atoms with Crippen LogP contribution in [0.3, 0.4) is 0 Å². The Morgan fingerprint density at radius 1 is 1.07 bits per heavy atom. The average Bonchev–Trinajstić information content (AvgIpc) is 2.70. The Hall–Kier alpha value is -3.20. The van der Waals surface area contributed by atoms with Crippen LogP contribution in [-0.2, 0) is 6.42 Å². The van der Waals surface area contributed by atoms with Crippen LogP contribution in [0, 0.1) is 13.8 Å². The van der Waals surface area contributed by atoms with E-state index in [4.69, 9.17) is 0 Å². The first-order valence-corrected chi connectivity index (χ1v) is 10.0. The highest BCUT2D eigenvalue weighted by atomic mass is 16.3. The molecule has 2 aliphatic heterocycles. The molecule has 2 aromatic rings. The highest BCUT2D eigenvalue weighted by Crippen LogP contribution is 2.45. The second-order valence-electron chi connectivity index (χ2n) is 7.36. The van der Waals surface area contributed by atoms with Crippen LogP contribution in [-0.4, -0.2) is 15.1 Å². The summed E-state index contributed by atoms with van der Waals surface area (Å²) in [5.74, 6) is 0.273. The van der Waals surface area contributed by atoms with Crippen molar-refractivity contribution in [1.82, 2.24) is 4.90 Å². The van der Waals surface area contributed by atoms with E-state index in [1.165, 1.54) is 22.3 Å². The third-order valence-corrected chi connectivity index (χ3v) is 5.54. The van der Waals surface area contributed by atoms with Gasteiger partial charge in [-0.25, -0.2) is 0 Å². The summed E-state index contributed by atoms with van der Waals surface area (Å²) in [6.07, 6.45) is 4.80. The van der Waals surface area contributed by atoms with Crippen molar-refractivity contribution in [1.29, 1.82) is 0 Å². The minimum absolute atomic E-state index is 0.0191. The van der Waals surface area contributed by atoms with Gasteiger partial charge in [-0.2, -0.15) is 0 Å². The Bertz CT molecular complexity index is 1030. The number of aromatic hydroxyl groups is 1. The Morgan fingerprint density at radius 3 is 2.31 bits per heavy atom. The predicted octanol–water partition coefficient (Wildman–Crippen LogP) is 6.50. The zero-order chi connectivity index (χ0) is 21.3. The molecular weight excluding hydrogens is 358 g/mol. The molecule has 0 saturated heterocycles. The van der Waals surface area contributed by atoms with Gasteiger partial charge in [0.15, 0.2) is 0 Å². The number of aryl methyl sites for hydroxylation is 2. The molecule has 3 heteroatoms. The van der Waals surface area contributed by atoms with Crippen LogP contribution in [0.15, 0.2) is 78.7 Å². The number of phenolic OH excluding ortho intramolecular Hbond substituents is 1. The lowest BCUT2D eigenvalue weighted by molar-refractivity contribution is 0.365. The fourth-order valence-electron chi connectivity index (χ4n) is 3.91. The number of aliphatic hydroxyl groups is 1. The van der Waals surface area contributed by atoms with E-state index in [1.54, 1.807) is 12.1 Å². The van der Waals surface area contributed by atoms with Crippen molar-refractivity contribution in [2.75, 3.05) is 0 Å². The lowest BCUT2D eigenvalue weighted by Crippen LogP contribution is -2.31. The molecule has 0 bridgehead atoms. The number of nitrogens with zero attached hydrogens (tertiary/aromatic N) is 1. The highest BCUT2D eigenvalue weighted by molar-refractivity contribution is 5.77. The number of fused-ring (bicyclic) bond motifs is 3. The van der Waals surface area contributed by atoms with E-state index in [0.29, 0.717) is 5.57 Å². The summed E-state index contributed by atoms with van der Waals surface area (Å²) in [5, 5.41) is 19.7. The summed E-state index contributed by atoms with van der Waals surface area (Å²) in [4.78, 5) is 2.19. The Kier molecular flexibility index (Phi) is 5.69.